The molecule has 1 aliphatic heterocycles. The molecule has 0 aromatic heterocycles. The summed E-state index contributed by atoms with van der Waals surface area (Å²) in [6.45, 7) is 2.19. The monoisotopic (exact) mass is 261 g/mol. The van der Waals surface area contributed by atoms with Crippen LogP contribution >= 0.6 is 0 Å². The molecule has 0 spiro atoms. The van der Waals surface area contributed by atoms with Gasteiger partial charge in [0, 0.05) is 11.8 Å². The number of nitrogens with one attached hydrogen (secondary N) is 1. The SMILES string of the molecule is CC1([C@]2(O)C[C@H](c3ccccc3)ON2)CCCCC1. The van der Waals surface area contributed by atoms with Gasteiger partial charge in [0.25, 0.3) is 0 Å². The van der Waals surface area contributed by atoms with Crippen LogP contribution in [0.4, 0.5) is 0 Å². The van der Waals surface area contributed by atoms with Gasteiger partial charge in [-0.2, -0.15) is 5.48 Å². The standard InChI is InChI=1S/C16H23NO2/c1-15(10-6-3-7-11-15)16(18)12-14(19-17-16)13-8-4-2-5-9-13/h2,4-5,8-9,14,17-18H,3,6-7,10-12H2,1H3/t14-,16-/m1/s1. The third-order valence-corrected chi connectivity index (χ3v) is 4.98. The van der Waals surface area contributed by atoms with Crippen molar-refractivity contribution in [2.45, 2.75) is 57.3 Å². The fraction of sp³-hybridized carbons (Fsp3) is 0.625. The zero-order valence-corrected chi connectivity index (χ0v) is 11.6. The van der Waals surface area contributed by atoms with E-state index in [9.17, 15) is 5.11 Å². The summed E-state index contributed by atoms with van der Waals surface area (Å²) in [6, 6.07) is 10.1. The molecule has 3 nitrogen and oxygen atoms in total. The normalized spacial score (nSPS) is 34.3. The lowest BCUT2D eigenvalue weighted by molar-refractivity contribution is -0.150. The van der Waals surface area contributed by atoms with Crippen molar-refractivity contribution in [2.75, 3.05) is 0 Å². The van der Waals surface area contributed by atoms with Gasteiger partial charge < -0.3 is 5.11 Å². The highest BCUT2D eigenvalue weighted by Crippen LogP contribution is 2.49. The molecular weight excluding hydrogens is 238 g/mol. The van der Waals surface area contributed by atoms with Crippen LogP contribution in [0.2, 0.25) is 0 Å². The van der Waals surface area contributed by atoms with E-state index < -0.39 is 5.72 Å². The predicted molar refractivity (Wildman–Crippen MR) is 74.2 cm³/mol. The van der Waals surface area contributed by atoms with Crippen LogP contribution in [0.25, 0.3) is 0 Å². The van der Waals surface area contributed by atoms with E-state index in [0.29, 0.717) is 6.42 Å². The number of rotatable bonds is 2. The lowest BCUT2D eigenvalue weighted by atomic mass is 9.67. The van der Waals surface area contributed by atoms with Crippen molar-refractivity contribution in [3.63, 3.8) is 0 Å². The third-order valence-electron chi connectivity index (χ3n) is 4.98. The Kier molecular flexibility index (Phi) is 3.37. The maximum absolute atomic E-state index is 11.0. The van der Waals surface area contributed by atoms with E-state index >= 15 is 0 Å². The number of hydrogen-bond donors (Lipinski definition) is 2. The van der Waals surface area contributed by atoms with Crippen LogP contribution in [0.3, 0.4) is 0 Å². The van der Waals surface area contributed by atoms with Crippen LogP contribution in [-0.2, 0) is 4.84 Å². The molecular formula is C16H23NO2. The summed E-state index contributed by atoms with van der Waals surface area (Å²) in [4.78, 5) is 5.67. The molecule has 19 heavy (non-hydrogen) atoms. The second-order valence-corrected chi connectivity index (χ2v) is 6.30. The van der Waals surface area contributed by atoms with E-state index in [0.717, 1.165) is 18.4 Å². The molecule has 3 rings (SSSR count). The Morgan fingerprint density at radius 3 is 2.53 bits per heavy atom. The molecule has 1 aromatic carbocycles. The summed E-state index contributed by atoms with van der Waals surface area (Å²) >= 11 is 0. The molecule has 1 heterocycles. The first kappa shape index (κ1) is 13.1. The van der Waals surface area contributed by atoms with Crippen molar-refractivity contribution in [1.29, 1.82) is 0 Å². The van der Waals surface area contributed by atoms with Gasteiger partial charge in [-0.05, 0) is 18.4 Å². The molecule has 0 bridgehead atoms. The molecule has 1 aliphatic carbocycles. The van der Waals surface area contributed by atoms with Crippen LogP contribution in [0, 0.1) is 5.41 Å². The van der Waals surface area contributed by atoms with E-state index in [4.69, 9.17) is 4.84 Å². The summed E-state index contributed by atoms with van der Waals surface area (Å²) in [5, 5.41) is 11.0. The Bertz CT molecular complexity index is 428. The van der Waals surface area contributed by atoms with Crippen molar-refractivity contribution in [1.82, 2.24) is 5.48 Å². The average molecular weight is 261 g/mol. The van der Waals surface area contributed by atoms with Crippen LogP contribution in [-0.4, -0.2) is 10.8 Å². The lowest BCUT2D eigenvalue weighted by Gasteiger charge is -2.44. The molecule has 0 unspecified atom stereocenters. The fourth-order valence-corrected chi connectivity index (χ4v) is 3.49. The lowest BCUT2D eigenvalue weighted by Crippen LogP contribution is -2.54. The van der Waals surface area contributed by atoms with Gasteiger partial charge in [0.05, 0.1) is 0 Å². The predicted octanol–water partition coefficient (Wildman–Crippen LogP) is 3.31. The number of aliphatic hydroxyl groups is 1. The fourth-order valence-electron chi connectivity index (χ4n) is 3.49. The van der Waals surface area contributed by atoms with Gasteiger partial charge in [0.1, 0.15) is 11.8 Å². The molecule has 0 radical (unpaired) electrons. The molecule has 2 N–H and O–H groups in total. The first-order valence-corrected chi connectivity index (χ1v) is 7.33. The molecule has 3 heteroatoms. The van der Waals surface area contributed by atoms with Crippen LogP contribution in [0.1, 0.15) is 57.1 Å². The van der Waals surface area contributed by atoms with E-state index in [1.54, 1.807) is 0 Å². The Morgan fingerprint density at radius 2 is 1.84 bits per heavy atom. The van der Waals surface area contributed by atoms with E-state index in [1.165, 1.54) is 19.3 Å². The van der Waals surface area contributed by atoms with Gasteiger partial charge >= 0.3 is 0 Å². The second kappa shape index (κ2) is 4.89. The molecule has 1 aromatic rings. The zero-order chi connectivity index (χ0) is 13.3. The molecule has 2 atom stereocenters. The Morgan fingerprint density at radius 1 is 1.16 bits per heavy atom. The van der Waals surface area contributed by atoms with Gasteiger partial charge in [-0.25, -0.2) is 0 Å². The second-order valence-electron chi connectivity index (χ2n) is 6.30. The van der Waals surface area contributed by atoms with Crippen LogP contribution < -0.4 is 5.48 Å². The van der Waals surface area contributed by atoms with Crippen molar-refractivity contribution in [2.24, 2.45) is 5.41 Å². The largest absolute Gasteiger partial charge is 0.373 e. The van der Waals surface area contributed by atoms with Gasteiger partial charge in [-0.3, -0.25) is 4.84 Å². The van der Waals surface area contributed by atoms with E-state index in [2.05, 4.69) is 24.5 Å². The maximum Gasteiger partial charge on any atom is 0.146 e. The van der Waals surface area contributed by atoms with E-state index in [-0.39, 0.29) is 11.5 Å². The molecule has 0 amide bonds. The van der Waals surface area contributed by atoms with Crippen LogP contribution in [0.15, 0.2) is 30.3 Å². The third kappa shape index (κ3) is 2.31. The number of hydrogen-bond acceptors (Lipinski definition) is 3. The Hall–Kier alpha value is -0.900. The number of hydroxylamine groups is 1. The summed E-state index contributed by atoms with van der Waals surface area (Å²) in [5.41, 5.74) is 3.11. The molecule has 2 fully saturated rings. The van der Waals surface area contributed by atoms with Crippen molar-refractivity contribution in [3.05, 3.63) is 35.9 Å². The minimum absolute atomic E-state index is 0.0510. The molecule has 104 valence electrons. The summed E-state index contributed by atoms with van der Waals surface area (Å²) < 4.78 is 0. The number of benzene rings is 1. The van der Waals surface area contributed by atoms with Crippen molar-refractivity contribution >= 4 is 0 Å². The highest BCUT2D eigenvalue weighted by atomic mass is 16.7. The van der Waals surface area contributed by atoms with Crippen molar-refractivity contribution < 1.29 is 9.94 Å². The highest BCUT2D eigenvalue weighted by Gasteiger charge is 2.52. The Labute approximate surface area is 114 Å². The highest BCUT2D eigenvalue weighted by molar-refractivity contribution is 5.19. The molecule has 2 aliphatic rings. The van der Waals surface area contributed by atoms with Gasteiger partial charge in [-0.1, -0.05) is 56.5 Å². The minimum atomic E-state index is -0.895. The van der Waals surface area contributed by atoms with Gasteiger partial charge in [-0.15, -0.1) is 0 Å². The molecule has 1 saturated heterocycles. The smallest absolute Gasteiger partial charge is 0.146 e. The van der Waals surface area contributed by atoms with Gasteiger partial charge in [0.15, 0.2) is 0 Å². The maximum atomic E-state index is 11.0. The first-order valence-electron chi connectivity index (χ1n) is 7.33. The topological polar surface area (TPSA) is 41.5 Å². The van der Waals surface area contributed by atoms with Gasteiger partial charge in [0.2, 0.25) is 0 Å². The summed E-state index contributed by atoms with van der Waals surface area (Å²) in [6.07, 6.45) is 6.42. The van der Waals surface area contributed by atoms with E-state index in [1.807, 2.05) is 18.2 Å². The molecule has 1 saturated carbocycles. The first-order chi connectivity index (χ1) is 9.13. The summed E-state index contributed by atoms with van der Waals surface area (Å²) in [7, 11) is 0. The average Bonchev–Trinajstić information content (AvgIpc) is 2.85. The zero-order valence-electron chi connectivity index (χ0n) is 11.6. The quantitative estimate of drug-likeness (QED) is 0.858. The van der Waals surface area contributed by atoms with Crippen molar-refractivity contribution in [3.8, 4) is 0 Å². The summed E-state index contributed by atoms with van der Waals surface area (Å²) in [5.74, 6) is 0. The Balaban J connectivity index is 1.77. The van der Waals surface area contributed by atoms with Crippen LogP contribution in [0.5, 0.6) is 0 Å². The minimum Gasteiger partial charge on any atom is -0.373 e.